The van der Waals surface area contributed by atoms with E-state index in [9.17, 15) is 9.59 Å². The van der Waals surface area contributed by atoms with Crippen LogP contribution in [0, 0.1) is 0 Å². The average molecular weight is 249 g/mol. The van der Waals surface area contributed by atoms with E-state index in [1.54, 1.807) is 12.3 Å². The molecule has 0 aliphatic carbocycles. The molecule has 0 saturated heterocycles. The molecule has 0 saturated carbocycles. The van der Waals surface area contributed by atoms with E-state index in [2.05, 4.69) is 15.3 Å². The molecule has 2 rings (SSSR count). The second-order valence-electron chi connectivity index (χ2n) is 3.44. The van der Waals surface area contributed by atoms with E-state index in [4.69, 9.17) is 5.84 Å². The van der Waals surface area contributed by atoms with Gasteiger partial charge in [0.25, 0.3) is 5.91 Å². The van der Waals surface area contributed by atoms with E-state index in [1.807, 2.05) is 5.43 Å². The first kappa shape index (κ1) is 11.9. The van der Waals surface area contributed by atoms with Gasteiger partial charge in [-0.2, -0.15) is 0 Å². The van der Waals surface area contributed by atoms with Crippen LogP contribution >= 0.6 is 0 Å². The van der Waals surface area contributed by atoms with Crippen LogP contribution in [0.3, 0.4) is 0 Å². The van der Waals surface area contributed by atoms with Crippen molar-refractivity contribution in [1.82, 2.24) is 30.0 Å². The molecule has 2 heterocycles. The predicted octanol–water partition coefficient (Wildman–Crippen LogP) is -1.86. The Morgan fingerprint density at radius 2 is 2.28 bits per heavy atom. The topological polar surface area (TPSA) is 121 Å². The molecule has 9 nitrogen and oxygen atoms in total. The van der Waals surface area contributed by atoms with E-state index in [1.165, 1.54) is 21.6 Å². The van der Waals surface area contributed by atoms with Gasteiger partial charge in [-0.15, -0.1) is 5.10 Å². The van der Waals surface area contributed by atoms with E-state index < -0.39 is 5.91 Å². The Kier molecular flexibility index (Phi) is 3.44. The molecule has 94 valence electrons. The number of hydrogen-bond donors (Lipinski definition) is 2. The zero-order valence-electron chi connectivity index (χ0n) is 9.35. The van der Waals surface area contributed by atoms with Gasteiger partial charge in [0.05, 0.1) is 12.7 Å². The first-order valence-corrected chi connectivity index (χ1v) is 5.13. The number of nitrogens with two attached hydrogens (primary N) is 1. The lowest BCUT2D eigenvalue weighted by atomic mass is 10.4. The summed E-state index contributed by atoms with van der Waals surface area (Å²) in [5, 5.41) is 7.38. The standard InChI is InChI=1S/C9H11N7O2/c10-12-8(17)7-6-16(14-13-7)5-4-15-3-1-2-11-9(15)18/h1-3,6H,4-5,10H2,(H,12,17). The average Bonchev–Trinajstić information content (AvgIpc) is 2.86. The van der Waals surface area contributed by atoms with Crippen molar-refractivity contribution in [3.63, 3.8) is 0 Å². The van der Waals surface area contributed by atoms with Gasteiger partial charge in [0, 0.05) is 18.9 Å². The predicted molar refractivity (Wildman–Crippen MR) is 60.2 cm³/mol. The number of hydrogen-bond acceptors (Lipinski definition) is 6. The van der Waals surface area contributed by atoms with Crippen LogP contribution in [0.5, 0.6) is 0 Å². The lowest BCUT2D eigenvalue weighted by Crippen LogP contribution is -2.30. The SMILES string of the molecule is NNC(=O)c1cn(CCn2cccnc2=O)nn1. The van der Waals surface area contributed by atoms with Crippen LogP contribution in [0.4, 0.5) is 0 Å². The van der Waals surface area contributed by atoms with Gasteiger partial charge in [-0.1, -0.05) is 5.21 Å². The lowest BCUT2D eigenvalue weighted by molar-refractivity contribution is 0.0948. The van der Waals surface area contributed by atoms with Crippen molar-refractivity contribution in [2.24, 2.45) is 5.84 Å². The molecular weight excluding hydrogens is 238 g/mol. The number of rotatable bonds is 4. The Bertz CT molecular complexity index is 603. The highest BCUT2D eigenvalue weighted by atomic mass is 16.2. The summed E-state index contributed by atoms with van der Waals surface area (Å²) in [5.74, 6) is 4.45. The van der Waals surface area contributed by atoms with Crippen LogP contribution in [0.25, 0.3) is 0 Å². The second kappa shape index (κ2) is 5.19. The minimum absolute atomic E-state index is 0.121. The first-order valence-electron chi connectivity index (χ1n) is 5.13. The maximum atomic E-state index is 11.3. The van der Waals surface area contributed by atoms with E-state index in [0.29, 0.717) is 13.1 Å². The third kappa shape index (κ3) is 2.58. The molecular formula is C9H11N7O2. The number of amides is 1. The molecule has 0 aliphatic rings. The fraction of sp³-hybridized carbons (Fsp3) is 0.222. The van der Waals surface area contributed by atoms with Crippen molar-refractivity contribution in [1.29, 1.82) is 0 Å². The third-order valence-corrected chi connectivity index (χ3v) is 2.26. The number of nitrogens with one attached hydrogen (secondary N) is 1. The Morgan fingerprint density at radius 1 is 1.44 bits per heavy atom. The van der Waals surface area contributed by atoms with Crippen LogP contribution in [-0.2, 0) is 13.1 Å². The highest BCUT2D eigenvalue weighted by Gasteiger charge is 2.08. The molecule has 0 unspecified atom stereocenters. The van der Waals surface area contributed by atoms with Crippen molar-refractivity contribution >= 4 is 5.91 Å². The van der Waals surface area contributed by atoms with Crippen molar-refractivity contribution in [2.45, 2.75) is 13.1 Å². The molecule has 0 fully saturated rings. The van der Waals surface area contributed by atoms with Gasteiger partial charge < -0.3 is 0 Å². The molecule has 1 amide bonds. The summed E-state index contributed by atoms with van der Waals surface area (Å²) in [5.41, 5.74) is 1.74. The second-order valence-corrected chi connectivity index (χ2v) is 3.44. The Morgan fingerprint density at radius 3 is 3.00 bits per heavy atom. The smallest absolute Gasteiger partial charge is 0.297 e. The summed E-state index contributed by atoms with van der Waals surface area (Å²) in [4.78, 5) is 26.1. The first-order chi connectivity index (χ1) is 8.70. The van der Waals surface area contributed by atoms with Gasteiger partial charge in [0.15, 0.2) is 5.69 Å². The van der Waals surface area contributed by atoms with Crippen LogP contribution in [0.15, 0.2) is 29.5 Å². The van der Waals surface area contributed by atoms with Gasteiger partial charge in [-0.25, -0.2) is 20.3 Å². The summed E-state index contributed by atoms with van der Waals surface area (Å²) in [6.45, 7) is 0.788. The van der Waals surface area contributed by atoms with Crippen molar-refractivity contribution in [3.8, 4) is 0 Å². The molecule has 2 aromatic rings. The normalized spacial score (nSPS) is 10.3. The number of carbonyl (C=O) groups is 1. The summed E-state index contributed by atoms with van der Waals surface area (Å²) in [7, 11) is 0. The number of aromatic nitrogens is 5. The maximum Gasteiger partial charge on any atom is 0.347 e. The van der Waals surface area contributed by atoms with E-state index >= 15 is 0 Å². The van der Waals surface area contributed by atoms with Gasteiger partial charge >= 0.3 is 5.69 Å². The number of aryl methyl sites for hydroxylation is 2. The highest BCUT2D eigenvalue weighted by Crippen LogP contribution is 1.93. The molecule has 0 bridgehead atoms. The molecule has 9 heteroatoms. The van der Waals surface area contributed by atoms with Crippen molar-refractivity contribution in [3.05, 3.63) is 40.8 Å². The van der Waals surface area contributed by atoms with Gasteiger partial charge in [0.1, 0.15) is 0 Å². The van der Waals surface area contributed by atoms with Crippen LogP contribution < -0.4 is 17.0 Å². The molecule has 0 radical (unpaired) electrons. The summed E-state index contributed by atoms with van der Waals surface area (Å²) in [6.07, 6.45) is 4.50. The number of nitrogens with zero attached hydrogens (tertiary/aromatic N) is 5. The van der Waals surface area contributed by atoms with Crippen LogP contribution in [-0.4, -0.2) is 30.5 Å². The Hall–Kier alpha value is -2.55. The fourth-order valence-corrected chi connectivity index (χ4v) is 1.35. The van der Waals surface area contributed by atoms with Gasteiger partial charge in [-0.05, 0) is 6.07 Å². The maximum absolute atomic E-state index is 11.3. The third-order valence-electron chi connectivity index (χ3n) is 2.26. The minimum Gasteiger partial charge on any atom is -0.297 e. The van der Waals surface area contributed by atoms with Gasteiger partial charge in [-0.3, -0.25) is 14.8 Å². The zero-order valence-corrected chi connectivity index (χ0v) is 9.35. The summed E-state index contributed by atoms with van der Waals surface area (Å²) in [6, 6.07) is 1.66. The zero-order chi connectivity index (χ0) is 13.0. The number of hydrazine groups is 1. The Balaban J connectivity index is 2.03. The van der Waals surface area contributed by atoms with E-state index in [-0.39, 0.29) is 11.4 Å². The lowest BCUT2D eigenvalue weighted by Gasteiger charge is -2.03. The fourth-order valence-electron chi connectivity index (χ4n) is 1.35. The van der Waals surface area contributed by atoms with Crippen LogP contribution in [0.1, 0.15) is 10.5 Å². The molecule has 0 atom stereocenters. The minimum atomic E-state index is -0.514. The summed E-state index contributed by atoms with van der Waals surface area (Å²) >= 11 is 0. The summed E-state index contributed by atoms with van der Waals surface area (Å²) < 4.78 is 2.88. The molecule has 18 heavy (non-hydrogen) atoms. The molecule has 2 aromatic heterocycles. The van der Waals surface area contributed by atoms with Crippen molar-refractivity contribution in [2.75, 3.05) is 0 Å². The number of nitrogen functional groups attached to an aromatic ring is 1. The number of carbonyl (C=O) groups excluding carboxylic acids is 1. The molecule has 3 N–H and O–H groups in total. The van der Waals surface area contributed by atoms with Crippen molar-refractivity contribution < 1.29 is 4.79 Å². The molecule has 0 aliphatic heterocycles. The molecule has 0 spiro atoms. The quantitative estimate of drug-likeness (QED) is 0.372. The monoisotopic (exact) mass is 249 g/mol. The molecule has 0 aromatic carbocycles. The van der Waals surface area contributed by atoms with Crippen LogP contribution in [0.2, 0.25) is 0 Å². The van der Waals surface area contributed by atoms with E-state index in [0.717, 1.165) is 0 Å². The largest absolute Gasteiger partial charge is 0.347 e. The Labute approximate surface area is 101 Å². The van der Waals surface area contributed by atoms with Gasteiger partial charge in [0.2, 0.25) is 0 Å². The highest BCUT2D eigenvalue weighted by molar-refractivity contribution is 5.91.